The Hall–Kier alpha value is -2.03. The molecule has 0 atom stereocenters. The van der Waals surface area contributed by atoms with Gasteiger partial charge in [-0.1, -0.05) is 29.4 Å². The van der Waals surface area contributed by atoms with Crippen LogP contribution in [0.15, 0.2) is 52.1 Å². The number of hydrogen-bond acceptors (Lipinski definition) is 5. The molecule has 0 fully saturated rings. The van der Waals surface area contributed by atoms with Gasteiger partial charge in [-0.15, -0.1) is 10.2 Å². The molecule has 0 unspecified atom stereocenters. The van der Waals surface area contributed by atoms with E-state index in [1.165, 1.54) is 16.4 Å². The number of hydrogen-bond donors (Lipinski definition) is 2. The van der Waals surface area contributed by atoms with Gasteiger partial charge in [0.2, 0.25) is 11.1 Å². The first-order chi connectivity index (χ1) is 12.4. The number of carbonyl (C=O) groups is 1. The molecule has 134 valence electrons. The molecule has 1 amide bonds. The first-order valence-electron chi connectivity index (χ1n) is 7.59. The lowest BCUT2D eigenvalue weighted by atomic mass is 10.2. The molecule has 3 aromatic rings. The zero-order valence-electron chi connectivity index (χ0n) is 13.7. The van der Waals surface area contributed by atoms with Gasteiger partial charge in [0.15, 0.2) is 5.82 Å². The number of nitrogens with two attached hydrogens (primary N) is 1. The van der Waals surface area contributed by atoms with E-state index in [9.17, 15) is 4.79 Å². The lowest BCUT2D eigenvalue weighted by Gasteiger charge is -2.08. The highest BCUT2D eigenvalue weighted by Crippen LogP contribution is 2.25. The van der Waals surface area contributed by atoms with Crippen molar-refractivity contribution in [3.05, 3.63) is 57.5 Å². The second-order valence-corrected chi connectivity index (χ2v) is 7.74. The van der Waals surface area contributed by atoms with Gasteiger partial charge in [0.05, 0.1) is 11.4 Å². The molecule has 1 aromatic heterocycles. The molecule has 9 heteroatoms. The van der Waals surface area contributed by atoms with Crippen LogP contribution < -0.4 is 11.2 Å². The van der Waals surface area contributed by atoms with Crippen molar-refractivity contribution in [1.82, 2.24) is 14.9 Å². The number of amides is 1. The Balaban J connectivity index is 1.64. The van der Waals surface area contributed by atoms with Gasteiger partial charge in [0.25, 0.3) is 0 Å². The molecule has 0 saturated carbocycles. The minimum atomic E-state index is -0.157. The number of carbonyl (C=O) groups excluding carboxylic acids is 1. The second kappa shape index (κ2) is 8.11. The maximum atomic E-state index is 12.2. The van der Waals surface area contributed by atoms with Crippen LogP contribution in [0.5, 0.6) is 0 Å². The smallest absolute Gasteiger partial charge is 0.234 e. The molecule has 0 bridgehead atoms. The van der Waals surface area contributed by atoms with Crippen LogP contribution in [0.3, 0.4) is 0 Å². The van der Waals surface area contributed by atoms with E-state index in [2.05, 4.69) is 31.4 Å². The quantitative estimate of drug-likeness (QED) is 0.449. The molecule has 3 N–H and O–H groups in total. The Labute approximate surface area is 168 Å². The summed E-state index contributed by atoms with van der Waals surface area (Å²) in [6.45, 7) is 1.98. The lowest BCUT2D eigenvalue weighted by molar-refractivity contribution is -0.113. The van der Waals surface area contributed by atoms with Gasteiger partial charge in [-0.05, 0) is 64.8 Å². The van der Waals surface area contributed by atoms with E-state index >= 15 is 0 Å². The first kappa shape index (κ1) is 18.8. The molecule has 0 radical (unpaired) electrons. The summed E-state index contributed by atoms with van der Waals surface area (Å²) in [5, 5.41) is 12.1. The van der Waals surface area contributed by atoms with E-state index in [4.69, 9.17) is 17.4 Å². The van der Waals surface area contributed by atoms with Crippen LogP contribution >= 0.6 is 39.3 Å². The fourth-order valence-corrected chi connectivity index (χ4v) is 3.58. The van der Waals surface area contributed by atoms with Crippen LogP contribution in [0, 0.1) is 6.92 Å². The van der Waals surface area contributed by atoms with Crippen LogP contribution in [0.2, 0.25) is 5.02 Å². The van der Waals surface area contributed by atoms with Crippen LogP contribution in [0.1, 0.15) is 5.56 Å². The molecule has 0 aliphatic carbocycles. The Bertz CT molecular complexity index is 945. The molecule has 0 aliphatic heterocycles. The molecular weight excluding hydrogens is 438 g/mol. The predicted octanol–water partition coefficient (Wildman–Crippen LogP) is 4.11. The van der Waals surface area contributed by atoms with Crippen molar-refractivity contribution in [2.75, 3.05) is 16.9 Å². The van der Waals surface area contributed by atoms with E-state index in [-0.39, 0.29) is 11.7 Å². The number of halogens is 2. The molecular formula is C17H15BrClN5OS. The first-order valence-corrected chi connectivity index (χ1v) is 9.75. The highest BCUT2D eigenvalue weighted by Gasteiger charge is 2.14. The monoisotopic (exact) mass is 451 g/mol. The van der Waals surface area contributed by atoms with Crippen LogP contribution in [-0.4, -0.2) is 26.5 Å². The molecule has 3 rings (SSSR count). The van der Waals surface area contributed by atoms with Crippen molar-refractivity contribution in [2.24, 2.45) is 0 Å². The summed E-state index contributed by atoms with van der Waals surface area (Å²) in [4.78, 5) is 12.2. The summed E-state index contributed by atoms with van der Waals surface area (Å²) < 4.78 is 2.20. The minimum Gasteiger partial charge on any atom is -0.335 e. The number of nitrogen functional groups attached to an aromatic ring is 1. The van der Waals surface area contributed by atoms with Gasteiger partial charge in [-0.25, -0.2) is 4.68 Å². The lowest BCUT2D eigenvalue weighted by Crippen LogP contribution is -2.16. The summed E-state index contributed by atoms with van der Waals surface area (Å²) in [7, 11) is 0. The van der Waals surface area contributed by atoms with Gasteiger partial charge in [0, 0.05) is 15.1 Å². The maximum Gasteiger partial charge on any atom is 0.234 e. The largest absolute Gasteiger partial charge is 0.335 e. The van der Waals surface area contributed by atoms with E-state index in [0.29, 0.717) is 16.0 Å². The number of rotatable bonds is 5. The maximum absolute atomic E-state index is 12.2. The van der Waals surface area contributed by atoms with Gasteiger partial charge in [-0.2, -0.15) is 0 Å². The molecule has 2 aromatic carbocycles. The van der Waals surface area contributed by atoms with E-state index in [1.54, 1.807) is 12.1 Å². The van der Waals surface area contributed by atoms with Crippen LogP contribution in [0.25, 0.3) is 11.4 Å². The summed E-state index contributed by atoms with van der Waals surface area (Å²) in [6.07, 6.45) is 0. The standard InChI is InChI=1S/C17H15BrClN5OS/c1-10-2-7-14(13(18)8-10)21-15(25)9-26-17-23-22-16(24(17)20)11-3-5-12(19)6-4-11/h2-8H,9,20H2,1H3,(H,21,25). The minimum absolute atomic E-state index is 0.157. The van der Waals surface area contributed by atoms with Crippen molar-refractivity contribution < 1.29 is 4.79 Å². The zero-order chi connectivity index (χ0) is 18.7. The molecule has 26 heavy (non-hydrogen) atoms. The molecule has 0 saturated heterocycles. The number of thioether (sulfide) groups is 1. The third-order valence-electron chi connectivity index (χ3n) is 3.50. The number of nitrogens with one attached hydrogen (secondary N) is 1. The van der Waals surface area contributed by atoms with Gasteiger partial charge < -0.3 is 11.2 Å². The third kappa shape index (κ3) is 4.38. The molecule has 1 heterocycles. The summed E-state index contributed by atoms with van der Waals surface area (Å²) in [6, 6.07) is 12.9. The molecule has 6 nitrogen and oxygen atoms in total. The fourth-order valence-electron chi connectivity index (χ4n) is 2.21. The van der Waals surface area contributed by atoms with Crippen LogP contribution in [0.4, 0.5) is 5.69 Å². The van der Waals surface area contributed by atoms with Crippen molar-refractivity contribution in [1.29, 1.82) is 0 Å². The van der Waals surface area contributed by atoms with Crippen LogP contribution in [-0.2, 0) is 4.79 Å². The fraction of sp³-hybridized carbons (Fsp3) is 0.118. The van der Waals surface area contributed by atoms with Crippen molar-refractivity contribution in [3.63, 3.8) is 0 Å². The molecule has 0 aliphatic rings. The summed E-state index contributed by atoms with van der Waals surface area (Å²) in [5.74, 6) is 6.56. The number of anilines is 1. The normalized spacial score (nSPS) is 10.7. The SMILES string of the molecule is Cc1ccc(NC(=O)CSc2nnc(-c3ccc(Cl)cc3)n2N)c(Br)c1. The Morgan fingerprint density at radius 1 is 1.27 bits per heavy atom. The number of aromatic nitrogens is 3. The Kier molecular flexibility index (Phi) is 5.85. The Morgan fingerprint density at radius 2 is 2.00 bits per heavy atom. The number of aryl methyl sites for hydroxylation is 1. The van der Waals surface area contributed by atoms with Crippen molar-refractivity contribution >= 4 is 50.9 Å². The number of benzene rings is 2. The van der Waals surface area contributed by atoms with Gasteiger partial charge in [-0.3, -0.25) is 4.79 Å². The third-order valence-corrected chi connectivity index (χ3v) is 5.35. The second-order valence-electron chi connectivity index (χ2n) is 5.50. The van der Waals surface area contributed by atoms with Gasteiger partial charge >= 0.3 is 0 Å². The zero-order valence-corrected chi connectivity index (χ0v) is 16.9. The van der Waals surface area contributed by atoms with Crippen molar-refractivity contribution in [2.45, 2.75) is 12.1 Å². The highest BCUT2D eigenvalue weighted by molar-refractivity contribution is 9.10. The molecule has 0 spiro atoms. The Morgan fingerprint density at radius 3 is 2.69 bits per heavy atom. The van der Waals surface area contributed by atoms with E-state index < -0.39 is 0 Å². The highest BCUT2D eigenvalue weighted by atomic mass is 79.9. The average molecular weight is 453 g/mol. The van der Waals surface area contributed by atoms with Crippen molar-refractivity contribution in [3.8, 4) is 11.4 Å². The predicted molar refractivity (Wildman–Crippen MR) is 109 cm³/mol. The number of nitrogens with zero attached hydrogens (tertiary/aromatic N) is 3. The summed E-state index contributed by atoms with van der Waals surface area (Å²) in [5.41, 5.74) is 2.62. The van der Waals surface area contributed by atoms with E-state index in [0.717, 1.165) is 21.3 Å². The van der Waals surface area contributed by atoms with E-state index in [1.807, 2.05) is 37.3 Å². The topological polar surface area (TPSA) is 85.8 Å². The summed E-state index contributed by atoms with van der Waals surface area (Å²) >= 11 is 10.5. The van der Waals surface area contributed by atoms with Gasteiger partial charge in [0.1, 0.15) is 0 Å². The average Bonchev–Trinajstić information content (AvgIpc) is 2.97.